The molecule has 2 fully saturated rings. The molecular weight excluding hydrogens is 328 g/mol. The van der Waals surface area contributed by atoms with E-state index in [4.69, 9.17) is 4.74 Å². The van der Waals surface area contributed by atoms with Crippen LogP contribution in [0.15, 0.2) is 10.9 Å². The smallest absolute Gasteiger partial charge is 0.252 e. The van der Waals surface area contributed by atoms with E-state index in [2.05, 4.69) is 29.1 Å². The largest absolute Gasteiger partial charge is 0.377 e. The number of ether oxygens (including phenoxy) is 1. The van der Waals surface area contributed by atoms with Gasteiger partial charge in [0.05, 0.1) is 5.69 Å². The highest BCUT2D eigenvalue weighted by Crippen LogP contribution is 2.38. The first-order valence-electron chi connectivity index (χ1n) is 8.15. The van der Waals surface area contributed by atoms with Crippen LogP contribution in [0.3, 0.4) is 0 Å². The van der Waals surface area contributed by atoms with Crippen molar-refractivity contribution in [2.45, 2.75) is 25.4 Å². The third kappa shape index (κ3) is 3.27. The quantitative estimate of drug-likeness (QED) is 0.861. The first-order valence-corrected chi connectivity index (χ1v) is 8.93. The molecule has 0 radical (unpaired) electrons. The molecule has 9 heteroatoms. The molecule has 1 saturated carbocycles. The highest BCUT2D eigenvalue weighted by molar-refractivity contribution is 7.09. The molecule has 1 aliphatic carbocycles. The maximum atomic E-state index is 11.9. The van der Waals surface area contributed by atoms with Crippen molar-refractivity contribution in [2.75, 3.05) is 43.1 Å². The number of anilines is 2. The van der Waals surface area contributed by atoms with E-state index in [-0.39, 0.29) is 5.56 Å². The molecule has 128 valence electrons. The summed E-state index contributed by atoms with van der Waals surface area (Å²) in [5, 5.41) is 0.926. The Morgan fingerprint density at radius 1 is 1.25 bits per heavy atom. The molecule has 1 aliphatic heterocycles. The monoisotopic (exact) mass is 348 g/mol. The Bertz CT molecular complexity index is 763. The summed E-state index contributed by atoms with van der Waals surface area (Å²) in [7, 11) is 1.64. The van der Waals surface area contributed by atoms with Gasteiger partial charge in [0.1, 0.15) is 6.61 Å². The van der Waals surface area contributed by atoms with Crippen molar-refractivity contribution in [2.24, 2.45) is 0 Å². The summed E-state index contributed by atoms with van der Waals surface area (Å²) in [6, 6.07) is 1.63. The van der Waals surface area contributed by atoms with Gasteiger partial charge >= 0.3 is 0 Å². The minimum absolute atomic E-state index is 0.0577. The highest BCUT2D eigenvalue weighted by atomic mass is 32.1. The van der Waals surface area contributed by atoms with Crippen molar-refractivity contribution in [3.05, 3.63) is 27.9 Å². The average molecular weight is 348 g/mol. The molecule has 2 aliphatic rings. The molecule has 0 amide bonds. The molecule has 24 heavy (non-hydrogen) atoms. The van der Waals surface area contributed by atoms with Crippen LogP contribution < -0.4 is 15.4 Å². The number of aromatic amines is 1. The van der Waals surface area contributed by atoms with Crippen molar-refractivity contribution in [3.8, 4) is 0 Å². The van der Waals surface area contributed by atoms with Crippen molar-refractivity contribution in [3.63, 3.8) is 0 Å². The summed E-state index contributed by atoms with van der Waals surface area (Å²) in [4.78, 5) is 28.3. The second-order valence-electron chi connectivity index (χ2n) is 6.17. The Balaban J connectivity index is 1.43. The van der Waals surface area contributed by atoms with Gasteiger partial charge in [-0.1, -0.05) is 0 Å². The predicted molar refractivity (Wildman–Crippen MR) is 91.9 cm³/mol. The first kappa shape index (κ1) is 15.5. The summed E-state index contributed by atoms with van der Waals surface area (Å²) in [6.07, 6.45) is 2.29. The van der Waals surface area contributed by atoms with Gasteiger partial charge in [-0.15, -0.1) is 0 Å². The number of piperazine rings is 1. The topological polar surface area (TPSA) is 87.2 Å². The number of hydrogen-bond acceptors (Lipinski definition) is 8. The van der Waals surface area contributed by atoms with Gasteiger partial charge < -0.3 is 14.5 Å². The summed E-state index contributed by atoms with van der Waals surface area (Å²) < 4.78 is 9.36. The lowest BCUT2D eigenvalue weighted by molar-refractivity contribution is 0.179. The molecule has 0 bridgehead atoms. The number of methoxy groups -OCH3 is 1. The second kappa shape index (κ2) is 6.48. The lowest BCUT2D eigenvalue weighted by Crippen LogP contribution is -2.47. The van der Waals surface area contributed by atoms with Crippen LogP contribution >= 0.6 is 11.5 Å². The van der Waals surface area contributed by atoms with E-state index in [9.17, 15) is 4.79 Å². The number of nitrogens with one attached hydrogen (secondary N) is 1. The molecule has 0 spiro atoms. The maximum absolute atomic E-state index is 11.9. The molecule has 1 saturated heterocycles. The second-order valence-corrected chi connectivity index (χ2v) is 6.90. The molecule has 0 aromatic carbocycles. The van der Waals surface area contributed by atoms with E-state index in [0.717, 1.165) is 55.7 Å². The van der Waals surface area contributed by atoms with E-state index >= 15 is 0 Å². The molecular formula is C15H20N6O2S. The van der Waals surface area contributed by atoms with Crippen LogP contribution in [0.25, 0.3) is 0 Å². The standard InChI is InChI=1S/C15H20N6O2S/c1-23-9-12-17-15(24-19-12)21-6-4-20(5-7-21)14-16-11(10-2-3-10)8-13(22)18-14/h8,10H,2-7,9H2,1H3,(H,16,18,22). The van der Waals surface area contributed by atoms with Gasteiger partial charge in [0.2, 0.25) is 11.1 Å². The van der Waals surface area contributed by atoms with Gasteiger partial charge in [0, 0.05) is 56.8 Å². The third-order valence-corrected chi connectivity index (χ3v) is 5.14. The lowest BCUT2D eigenvalue weighted by Gasteiger charge is -2.34. The number of hydrogen-bond donors (Lipinski definition) is 1. The van der Waals surface area contributed by atoms with E-state index < -0.39 is 0 Å². The van der Waals surface area contributed by atoms with E-state index in [1.54, 1.807) is 13.2 Å². The Morgan fingerprint density at radius 2 is 2.00 bits per heavy atom. The minimum atomic E-state index is -0.0577. The zero-order valence-corrected chi connectivity index (χ0v) is 14.4. The zero-order valence-electron chi connectivity index (χ0n) is 13.6. The fourth-order valence-corrected chi connectivity index (χ4v) is 3.60. The fourth-order valence-electron chi connectivity index (χ4n) is 2.87. The number of H-pyrrole nitrogens is 1. The maximum Gasteiger partial charge on any atom is 0.252 e. The van der Waals surface area contributed by atoms with Gasteiger partial charge in [-0.25, -0.2) is 9.97 Å². The Hall–Kier alpha value is -2.00. The van der Waals surface area contributed by atoms with Crippen LogP contribution in [0, 0.1) is 0 Å². The van der Waals surface area contributed by atoms with E-state index in [0.29, 0.717) is 18.5 Å². The summed E-state index contributed by atoms with van der Waals surface area (Å²) in [5.41, 5.74) is 0.877. The first-order chi connectivity index (χ1) is 11.7. The van der Waals surface area contributed by atoms with Crippen LogP contribution in [0.2, 0.25) is 0 Å². The van der Waals surface area contributed by atoms with Gasteiger partial charge in [-0.3, -0.25) is 9.78 Å². The van der Waals surface area contributed by atoms with Gasteiger partial charge in [0.25, 0.3) is 5.56 Å². The highest BCUT2D eigenvalue weighted by Gasteiger charge is 2.27. The Labute approximate surface area is 143 Å². The SMILES string of the molecule is COCc1nsc(N2CCN(c3nc(C4CC4)cc(=O)[nH]3)CC2)n1. The van der Waals surface area contributed by atoms with Crippen LogP contribution in [0.1, 0.15) is 30.3 Å². The molecule has 3 heterocycles. The van der Waals surface area contributed by atoms with Crippen LogP contribution in [0.5, 0.6) is 0 Å². The van der Waals surface area contributed by atoms with E-state index in [1.807, 2.05) is 0 Å². The Morgan fingerprint density at radius 3 is 2.71 bits per heavy atom. The van der Waals surface area contributed by atoms with Crippen LogP contribution in [-0.4, -0.2) is 52.6 Å². The van der Waals surface area contributed by atoms with E-state index in [1.165, 1.54) is 11.5 Å². The molecule has 2 aromatic rings. The summed E-state index contributed by atoms with van der Waals surface area (Å²) >= 11 is 1.40. The molecule has 4 rings (SSSR count). The lowest BCUT2D eigenvalue weighted by atomic mass is 10.3. The molecule has 0 unspecified atom stereocenters. The van der Waals surface area contributed by atoms with Gasteiger partial charge in [-0.05, 0) is 12.8 Å². The van der Waals surface area contributed by atoms with Gasteiger partial charge in [-0.2, -0.15) is 4.37 Å². The van der Waals surface area contributed by atoms with Crippen molar-refractivity contribution in [1.82, 2.24) is 19.3 Å². The van der Waals surface area contributed by atoms with Gasteiger partial charge in [0.15, 0.2) is 5.82 Å². The van der Waals surface area contributed by atoms with Crippen molar-refractivity contribution < 1.29 is 4.74 Å². The number of aromatic nitrogens is 4. The normalized spacial score (nSPS) is 18.2. The predicted octanol–water partition coefficient (Wildman–Crippen LogP) is 0.972. The summed E-state index contributed by atoms with van der Waals surface area (Å²) in [6.45, 7) is 3.71. The van der Waals surface area contributed by atoms with Crippen molar-refractivity contribution in [1.29, 1.82) is 0 Å². The fraction of sp³-hybridized carbons (Fsp3) is 0.600. The minimum Gasteiger partial charge on any atom is -0.377 e. The zero-order chi connectivity index (χ0) is 16.5. The molecule has 0 atom stereocenters. The Kier molecular flexibility index (Phi) is 4.19. The van der Waals surface area contributed by atoms with Crippen molar-refractivity contribution >= 4 is 22.6 Å². The number of rotatable bonds is 5. The average Bonchev–Trinajstić information content (AvgIpc) is 3.35. The van der Waals surface area contributed by atoms with Crippen LogP contribution in [-0.2, 0) is 11.3 Å². The molecule has 8 nitrogen and oxygen atoms in total. The third-order valence-electron chi connectivity index (χ3n) is 4.33. The number of nitrogens with zero attached hydrogens (tertiary/aromatic N) is 5. The molecule has 1 N–H and O–H groups in total. The summed E-state index contributed by atoms with van der Waals surface area (Å²) in [5.74, 6) is 1.90. The van der Waals surface area contributed by atoms with Crippen LogP contribution in [0.4, 0.5) is 11.1 Å². The molecule has 2 aromatic heterocycles.